The third-order valence-electron chi connectivity index (χ3n) is 11.5. The summed E-state index contributed by atoms with van der Waals surface area (Å²) in [7, 11) is 0. The topological polar surface area (TPSA) is 30.7 Å². The van der Waals surface area contributed by atoms with Crippen LogP contribution in [0.1, 0.15) is 70.0 Å². The summed E-state index contributed by atoms with van der Waals surface area (Å²) in [5.74, 6) is 8.09. The van der Waals surface area contributed by atoms with Gasteiger partial charge in [0.05, 0.1) is 16.9 Å². The zero-order valence-electron chi connectivity index (χ0n) is 41.4. The normalized spacial score (nSPS) is 13.7. The van der Waals surface area contributed by atoms with Crippen molar-refractivity contribution < 1.29 is 28.3 Å². The van der Waals surface area contributed by atoms with Crippen LogP contribution < -0.4 is 4.40 Å². The Balaban J connectivity index is 0.000000209. The first-order valence-corrected chi connectivity index (χ1v) is 28.8. The Labute approximate surface area is 389 Å². The molecule has 0 atom stereocenters. The summed E-state index contributed by atoms with van der Waals surface area (Å²) in [5, 5.41) is 7.74. The number of rotatable bonds is 6. The molecule has 3 heterocycles. The van der Waals surface area contributed by atoms with Gasteiger partial charge in [-0.2, -0.15) is 11.3 Å². The summed E-state index contributed by atoms with van der Waals surface area (Å²) < 4.78 is 51.5. The van der Waals surface area contributed by atoms with Crippen molar-refractivity contribution in [3.8, 4) is 28.3 Å². The van der Waals surface area contributed by atoms with E-state index in [2.05, 4.69) is 170 Å². The molecule has 0 bridgehead atoms. The van der Waals surface area contributed by atoms with Gasteiger partial charge in [0.25, 0.3) is 0 Å². The Morgan fingerprint density at radius 1 is 0.689 bits per heavy atom. The van der Waals surface area contributed by atoms with Gasteiger partial charge in [-0.05, 0) is 66.7 Å². The fourth-order valence-electron chi connectivity index (χ4n) is 8.43. The van der Waals surface area contributed by atoms with Crippen LogP contribution in [0.3, 0.4) is 0 Å². The fourth-order valence-corrected chi connectivity index (χ4v) is 12.5. The van der Waals surface area contributed by atoms with E-state index >= 15 is 0 Å². The Kier molecular flexibility index (Phi) is 10.00. The van der Waals surface area contributed by atoms with Gasteiger partial charge in [0.1, 0.15) is 0 Å². The number of fused-ring (bicyclic) bond motifs is 8. The van der Waals surface area contributed by atoms with Crippen LogP contribution in [-0.4, -0.2) is 27.8 Å². The molecule has 10 aromatic rings. The molecule has 0 aliphatic carbocycles. The zero-order valence-corrected chi connectivity index (χ0v) is 40.7. The van der Waals surface area contributed by atoms with Gasteiger partial charge in [-0.3, -0.25) is 4.98 Å². The summed E-state index contributed by atoms with van der Waals surface area (Å²) in [6.07, 6.45) is 1.67. The van der Waals surface area contributed by atoms with E-state index in [1.165, 1.54) is 70.7 Å². The molecule has 7 aromatic carbocycles. The fraction of sp³-hybridized carbons (Fsp3) is 0.200. The van der Waals surface area contributed by atoms with Gasteiger partial charge in [0.2, 0.25) is 0 Å². The molecule has 0 fully saturated rings. The number of hydrogen-bond acceptors (Lipinski definition) is 3. The third kappa shape index (κ3) is 7.91. The molecule has 0 saturated heterocycles. The Morgan fingerprint density at radius 2 is 1.39 bits per heavy atom. The van der Waals surface area contributed by atoms with Crippen LogP contribution in [0.4, 0.5) is 0 Å². The number of para-hydroxylation sites is 3. The molecule has 0 aliphatic heterocycles. The van der Waals surface area contributed by atoms with E-state index in [1.807, 2.05) is 11.3 Å². The second-order valence-electron chi connectivity index (χ2n) is 17.2. The molecule has 0 amide bonds. The van der Waals surface area contributed by atoms with Crippen LogP contribution in [-0.2, 0) is 20.1 Å². The Hall–Kier alpha value is -4.91. The summed E-state index contributed by atoms with van der Waals surface area (Å²) >= 11 is -0.509. The summed E-state index contributed by atoms with van der Waals surface area (Å²) in [5.41, 5.74) is 8.75. The van der Waals surface area contributed by atoms with Crippen molar-refractivity contribution in [2.45, 2.75) is 70.5 Å². The molecule has 1 radical (unpaired) electrons. The average Bonchev–Trinajstić information content (AvgIpc) is 3.87. The predicted octanol–water partition coefficient (Wildman–Crippen LogP) is 15.1. The SMILES string of the molecule is CC(C)c1cccc(C(C)C)c1-n1c(-c2[c-]ccc3c2sc2c3ccc3c4ccccc4ccc32)nc2ccccc21.[2H]C([2H])([2H])c1c[c-]c(-c2cc(C([2H])([2H])[2H])[c]([Ge]([CH3])([CH3])[CH3])cn2)cc1.[Ir]. The Morgan fingerprint density at radius 3 is 2.11 bits per heavy atom. The first-order valence-electron chi connectivity index (χ1n) is 23.6. The maximum atomic E-state index is 7.82. The minimum atomic E-state index is -2.38. The predicted molar refractivity (Wildman–Crippen MR) is 262 cm³/mol. The summed E-state index contributed by atoms with van der Waals surface area (Å²) in [4.78, 5) is 9.73. The van der Waals surface area contributed by atoms with E-state index in [1.54, 1.807) is 18.3 Å². The van der Waals surface area contributed by atoms with Gasteiger partial charge in [0.15, 0.2) is 0 Å². The molecule has 3 nitrogen and oxygen atoms in total. The number of thiophene rings is 1. The molecule has 0 unspecified atom stereocenters. The van der Waals surface area contributed by atoms with Crippen molar-refractivity contribution in [2.75, 3.05) is 0 Å². The number of aromatic nitrogens is 3. The number of hydrogen-bond donors (Lipinski definition) is 0. The van der Waals surface area contributed by atoms with Crippen LogP contribution in [0.15, 0.2) is 134 Å². The minimum Gasteiger partial charge on any atom is 0 e. The van der Waals surface area contributed by atoms with Crippen LogP contribution in [0.5, 0.6) is 0 Å². The quantitative estimate of drug-likeness (QED) is 0.0944. The van der Waals surface area contributed by atoms with Crippen molar-refractivity contribution in [3.63, 3.8) is 0 Å². The number of benzene rings is 7. The van der Waals surface area contributed by atoms with Crippen LogP contribution >= 0.6 is 11.3 Å². The first kappa shape index (κ1) is 35.7. The molecule has 6 heteroatoms. The van der Waals surface area contributed by atoms with Crippen molar-refractivity contribution in [1.29, 1.82) is 0 Å². The van der Waals surface area contributed by atoms with E-state index in [9.17, 15) is 0 Å². The molecule has 61 heavy (non-hydrogen) atoms. The monoisotopic (exact) mass is 1060 g/mol. The van der Waals surface area contributed by atoms with E-state index in [-0.39, 0.29) is 25.7 Å². The average molecular weight is 1060 g/mol. The minimum absolute atomic E-state index is 0. The van der Waals surface area contributed by atoms with E-state index in [4.69, 9.17) is 13.2 Å². The molecule has 0 spiro atoms. The molecular weight excluding hydrogens is 1000 g/mol. The van der Waals surface area contributed by atoms with Gasteiger partial charge >= 0.3 is 121 Å². The van der Waals surface area contributed by atoms with E-state index in [0.717, 1.165) is 26.8 Å². The maximum Gasteiger partial charge on any atom is 0 e. The molecular formula is C55H51GeIrN3S-2. The van der Waals surface area contributed by atoms with E-state index in [0.29, 0.717) is 28.7 Å². The standard InChI is InChI=1S/C39H31N2S.C16H20GeN.Ir/c1-23(2)26-13-9-14-27(24(3)4)36(26)41-35-18-8-7-17-34(35)40-39(41)33-16-10-15-30-32-22-21-29-28-12-6-5-11-25(28)19-20-31(29)37(32)42-38(30)33;1-12-6-8-14(9-7-12)16-10-13(2)15(11-18-16)17(3,4)5;/h5-15,17-24H,1-4H3;6-8,10-11H,1-5H3;/q2*-1;/i;1D3,2D3;. The first-order chi connectivity index (χ1) is 31.3. The number of imidazole rings is 1. The second-order valence-corrected chi connectivity index (χ2v) is 28.8. The van der Waals surface area contributed by atoms with Crippen molar-refractivity contribution >= 4 is 81.7 Å². The maximum absolute atomic E-state index is 7.82. The van der Waals surface area contributed by atoms with Gasteiger partial charge in [-0.15, -0.1) is 18.2 Å². The van der Waals surface area contributed by atoms with Crippen LogP contribution in [0, 0.1) is 25.8 Å². The van der Waals surface area contributed by atoms with Crippen molar-refractivity contribution in [2.24, 2.45) is 0 Å². The number of pyridine rings is 1. The molecule has 0 aliphatic rings. The van der Waals surface area contributed by atoms with E-state index < -0.39 is 27.0 Å². The van der Waals surface area contributed by atoms with Gasteiger partial charge in [-0.25, -0.2) is 0 Å². The largest absolute Gasteiger partial charge is 0 e. The molecule has 3 aromatic heterocycles. The molecule has 10 rings (SSSR count). The van der Waals surface area contributed by atoms with Gasteiger partial charge < -0.3 is 4.57 Å². The Bertz CT molecular complexity index is 3430. The van der Waals surface area contributed by atoms with Crippen molar-refractivity contribution in [3.05, 3.63) is 168 Å². The summed E-state index contributed by atoms with van der Waals surface area (Å²) in [6, 6.07) is 50.1. The third-order valence-corrected chi connectivity index (χ3v) is 17.0. The van der Waals surface area contributed by atoms with Gasteiger partial charge in [0, 0.05) is 30.5 Å². The molecule has 0 N–H and O–H groups in total. The summed E-state index contributed by atoms with van der Waals surface area (Å²) in [6.45, 7) is 4.76. The van der Waals surface area contributed by atoms with Crippen LogP contribution in [0.25, 0.3) is 81.1 Å². The molecule has 0 saturated carbocycles. The van der Waals surface area contributed by atoms with Gasteiger partial charge in [-0.1, -0.05) is 118 Å². The smallest absolute Gasteiger partial charge is 0 e. The van der Waals surface area contributed by atoms with Crippen LogP contribution in [0.2, 0.25) is 17.3 Å². The number of aryl methyl sites for hydroxylation is 2. The molecule has 307 valence electrons. The number of nitrogens with zero attached hydrogens (tertiary/aromatic N) is 3. The second kappa shape index (κ2) is 17.1. The zero-order chi connectivity index (χ0) is 46.9. The van der Waals surface area contributed by atoms with Crippen molar-refractivity contribution in [1.82, 2.24) is 14.5 Å².